The molecule has 1 aliphatic rings. The van der Waals surface area contributed by atoms with Crippen LogP contribution in [-0.4, -0.2) is 54.3 Å². The van der Waals surface area contributed by atoms with Crippen LogP contribution in [0.4, 0.5) is 9.18 Å². The molecular formula is C17H24FNO5S. The number of halogens is 1. The molecule has 1 amide bonds. The molecule has 0 spiro atoms. The number of hydrogen-bond donors (Lipinski definition) is 1. The summed E-state index contributed by atoms with van der Waals surface area (Å²) in [5.41, 5.74) is -3.26. The van der Waals surface area contributed by atoms with Gasteiger partial charge in [-0.2, -0.15) is 0 Å². The summed E-state index contributed by atoms with van der Waals surface area (Å²) in [4.78, 5) is 13.2. The predicted octanol–water partition coefficient (Wildman–Crippen LogP) is 2.52. The lowest BCUT2D eigenvalue weighted by Gasteiger charge is -2.32. The molecule has 6 nitrogen and oxygen atoms in total. The lowest BCUT2D eigenvalue weighted by Crippen LogP contribution is -2.49. The fraction of sp³-hybridized carbons (Fsp3) is 0.588. The van der Waals surface area contributed by atoms with Gasteiger partial charge in [-0.25, -0.2) is 17.6 Å². The van der Waals surface area contributed by atoms with Crippen molar-refractivity contribution in [1.29, 1.82) is 0 Å². The van der Waals surface area contributed by atoms with Gasteiger partial charge in [-0.15, -0.1) is 0 Å². The molecule has 1 aromatic carbocycles. The van der Waals surface area contributed by atoms with E-state index in [0.717, 1.165) is 0 Å². The number of hydrogen-bond acceptors (Lipinski definition) is 5. The smallest absolute Gasteiger partial charge is 0.410 e. The Hall–Kier alpha value is -1.67. The number of nitrogens with zero attached hydrogens (tertiary/aromatic N) is 1. The molecule has 3 unspecified atom stereocenters. The zero-order chi connectivity index (χ0) is 18.8. The molecule has 1 N–H and O–H groups in total. The third kappa shape index (κ3) is 4.49. The second-order valence-electron chi connectivity index (χ2n) is 7.08. The number of ether oxygens (including phenoxy) is 1. The first-order valence-corrected chi connectivity index (χ1v) is 9.69. The first-order chi connectivity index (χ1) is 11.5. The molecule has 25 heavy (non-hydrogen) atoms. The monoisotopic (exact) mass is 373 g/mol. The Bertz CT molecular complexity index is 701. The van der Waals surface area contributed by atoms with Gasteiger partial charge in [-0.1, -0.05) is 18.2 Å². The highest BCUT2D eigenvalue weighted by atomic mass is 32.2. The number of alkyl halides is 1. The van der Waals surface area contributed by atoms with Gasteiger partial charge in [0.1, 0.15) is 11.7 Å². The van der Waals surface area contributed by atoms with Gasteiger partial charge in [0.2, 0.25) is 15.3 Å². The second kappa shape index (κ2) is 7.29. The molecule has 8 heteroatoms. The van der Waals surface area contributed by atoms with Gasteiger partial charge in [0.25, 0.3) is 0 Å². The third-order valence-corrected chi connectivity index (χ3v) is 5.76. The van der Waals surface area contributed by atoms with E-state index in [1.165, 1.54) is 29.2 Å². The van der Waals surface area contributed by atoms with Crippen LogP contribution >= 0.6 is 0 Å². The molecule has 1 aromatic rings. The second-order valence-corrected chi connectivity index (χ2v) is 9.09. The van der Waals surface area contributed by atoms with E-state index in [2.05, 4.69) is 0 Å². The first-order valence-electron chi connectivity index (χ1n) is 8.15. The van der Waals surface area contributed by atoms with Crippen molar-refractivity contribution < 1.29 is 27.4 Å². The molecule has 1 fully saturated rings. The van der Waals surface area contributed by atoms with E-state index >= 15 is 0 Å². The molecule has 1 saturated heterocycles. The Morgan fingerprint density at radius 3 is 2.48 bits per heavy atom. The van der Waals surface area contributed by atoms with Crippen molar-refractivity contribution in [3.8, 4) is 0 Å². The van der Waals surface area contributed by atoms with Gasteiger partial charge in [0, 0.05) is 6.54 Å². The highest BCUT2D eigenvalue weighted by Gasteiger charge is 2.44. The fourth-order valence-corrected chi connectivity index (χ4v) is 4.14. The zero-order valence-electron chi connectivity index (χ0n) is 14.6. The highest BCUT2D eigenvalue weighted by Crippen LogP contribution is 2.29. The van der Waals surface area contributed by atoms with Crippen LogP contribution in [0.5, 0.6) is 0 Å². The van der Waals surface area contributed by atoms with Gasteiger partial charge >= 0.3 is 6.09 Å². The number of rotatable bonds is 4. The maximum absolute atomic E-state index is 14.7. The Morgan fingerprint density at radius 2 is 1.92 bits per heavy atom. The molecule has 2 rings (SSSR count). The average molecular weight is 373 g/mol. The van der Waals surface area contributed by atoms with Gasteiger partial charge in [0.05, 0.1) is 10.9 Å². The van der Waals surface area contributed by atoms with Gasteiger partial charge < -0.3 is 14.7 Å². The lowest BCUT2D eigenvalue weighted by molar-refractivity contribution is -0.00305. The van der Waals surface area contributed by atoms with Crippen molar-refractivity contribution in [3.05, 3.63) is 30.3 Å². The highest BCUT2D eigenvalue weighted by molar-refractivity contribution is 7.92. The number of carbonyl (C=O) groups is 1. The predicted molar refractivity (Wildman–Crippen MR) is 90.5 cm³/mol. The van der Waals surface area contributed by atoms with Crippen LogP contribution in [0.15, 0.2) is 35.2 Å². The number of sulfone groups is 1. The summed E-state index contributed by atoms with van der Waals surface area (Å²) in [7, 11) is -4.36. The van der Waals surface area contributed by atoms with Crippen molar-refractivity contribution in [2.45, 2.75) is 61.8 Å². The van der Waals surface area contributed by atoms with Crippen LogP contribution in [0.2, 0.25) is 0 Å². The molecule has 0 bridgehead atoms. The molecule has 3 atom stereocenters. The minimum absolute atomic E-state index is 0.205. The van der Waals surface area contributed by atoms with Gasteiger partial charge in [-0.3, -0.25) is 0 Å². The lowest BCUT2D eigenvalue weighted by atomic mass is 10.1. The van der Waals surface area contributed by atoms with E-state index < -0.39 is 39.2 Å². The number of benzene rings is 1. The largest absolute Gasteiger partial charge is 0.444 e. The van der Waals surface area contributed by atoms with Crippen molar-refractivity contribution in [2.75, 3.05) is 6.54 Å². The number of amides is 1. The Labute approximate surface area is 147 Å². The quantitative estimate of drug-likeness (QED) is 0.877. The molecule has 1 heterocycles. The topological polar surface area (TPSA) is 83.9 Å². The van der Waals surface area contributed by atoms with E-state index in [0.29, 0.717) is 12.8 Å². The maximum Gasteiger partial charge on any atom is 0.410 e. The number of aliphatic hydroxyl groups is 1. The summed E-state index contributed by atoms with van der Waals surface area (Å²) in [5, 5.41) is 10.3. The van der Waals surface area contributed by atoms with E-state index in [1.807, 2.05) is 0 Å². The summed E-state index contributed by atoms with van der Waals surface area (Å²) in [6.07, 6.45) is -1.68. The molecule has 0 radical (unpaired) electrons. The summed E-state index contributed by atoms with van der Waals surface area (Å²) in [5.74, 6) is 0. The van der Waals surface area contributed by atoms with Crippen LogP contribution < -0.4 is 0 Å². The Kier molecular flexibility index (Phi) is 5.73. The minimum atomic E-state index is -4.36. The standard InChI is InChI=1S/C17H24FNO5S/c1-17(2,3)24-16(21)19-11-7-10-13(19)14(20)15(18)25(22,23)12-8-5-4-6-9-12/h4-6,8-9,13-15,20H,7,10-11H2,1-3H3. The van der Waals surface area contributed by atoms with E-state index in [-0.39, 0.29) is 11.4 Å². The zero-order valence-corrected chi connectivity index (χ0v) is 15.4. The molecule has 0 saturated carbocycles. The Balaban J connectivity index is 2.18. The van der Waals surface area contributed by atoms with Crippen molar-refractivity contribution in [2.24, 2.45) is 0 Å². The van der Waals surface area contributed by atoms with E-state index in [9.17, 15) is 22.7 Å². The van der Waals surface area contributed by atoms with Crippen LogP contribution in [0.1, 0.15) is 33.6 Å². The van der Waals surface area contributed by atoms with Crippen molar-refractivity contribution >= 4 is 15.9 Å². The van der Waals surface area contributed by atoms with Crippen molar-refractivity contribution in [1.82, 2.24) is 4.90 Å². The van der Waals surface area contributed by atoms with Crippen LogP contribution in [0.3, 0.4) is 0 Å². The maximum atomic E-state index is 14.7. The minimum Gasteiger partial charge on any atom is -0.444 e. The summed E-state index contributed by atoms with van der Waals surface area (Å²) < 4.78 is 44.7. The van der Waals surface area contributed by atoms with Crippen LogP contribution in [0.25, 0.3) is 0 Å². The number of aliphatic hydroxyl groups excluding tert-OH is 1. The number of carbonyl (C=O) groups excluding carboxylic acids is 1. The fourth-order valence-electron chi connectivity index (χ4n) is 2.79. The number of likely N-dealkylation sites (tertiary alicyclic amines) is 1. The molecule has 1 aliphatic heterocycles. The molecule has 140 valence electrons. The molecular weight excluding hydrogens is 349 g/mol. The first kappa shape index (κ1) is 19.7. The summed E-state index contributed by atoms with van der Waals surface area (Å²) in [6.45, 7) is 5.38. The third-order valence-electron chi connectivity index (χ3n) is 3.96. The van der Waals surface area contributed by atoms with E-state index in [1.54, 1.807) is 26.8 Å². The van der Waals surface area contributed by atoms with Gasteiger partial charge in [-0.05, 0) is 45.7 Å². The van der Waals surface area contributed by atoms with Crippen LogP contribution in [-0.2, 0) is 14.6 Å². The normalized spacial score (nSPS) is 21.0. The van der Waals surface area contributed by atoms with Crippen molar-refractivity contribution in [3.63, 3.8) is 0 Å². The molecule has 0 aliphatic carbocycles. The summed E-state index contributed by atoms with van der Waals surface area (Å²) >= 11 is 0. The summed E-state index contributed by atoms with van der Waals surface area (Å²) in [6, 6.07) is 6.18. The SMILES string of the molecule is CC(C)(C)OC(=O)N1CCCC1C(O)C(F)S(=O)(=O)c1ccccc1. The van der Waals surface area contributed by atoms with Crippen LogP contribution in [0, 0.1) is 0 Å². The Morgan fingerprint density at radius 1 is 1.32 bits per heavy atom. The molecule has 0 aromatic heterocycles. The van der Waals surface area contributed by atoms with E-state index in [4.69, 9.17) is 4.74 Å². The van der Waals surface area contributed by atoms with Gasteiger partial charge in [0.15, 0.2) is 0 Å². The average Bonchev–Trinajstić information content (AvgIpc) is 3.02.